The van der Waals surface area contributed by atoms with E-state index in [1.165, 1.54) is 0 Å². The Morgan fingerprint density at radius 2 is 2.06 bits per heavy atom. The van der Waals surface area contributed by atoms with Crippen molar-refractivity contribution in [2.24, 2.45) is 5.41 Å². The average molecular weight is 235 g/mol. The van der Waals surface area contributed by atoms with Gasteiger partial charge in [-0.05, 0) is 24.5 Å². The molecule has 0 aromatic heterocycles. The lowest BCUT2D eigenvalue weighted by Crippen LogP contribution is -2.39. The van der Waals surface area contributed by atoms with Gasteiger partial charge in [-0.3, -0.25) is 4.79 Å². The smallest absolute Gasteiger partial charge is 0.251 e. The van der Waals surface area contributed by atoms with Crippen LogP contribution in [0.3, 0.4) is 0 Å². The van der Waals surface area contributed by atoms with Gasteiger partial charge in [0, 0.05) is 12.1 Å². The van der Waals surface area contributed by atoms with Gasteiger partial charge in [0.15, 0.2) is 0 Å². The summed E-state index contributed by atoms with van der Waals surface area (Å²) in [6.45, 7) is 8.04. The zero-order valence-corrected chi connectivity index (χ0v) is 10.9. The second-order valence-electron chi connectivity index (χ2n) is 5.46. The molecule has 1 aromatic rings. The molecule has 1 rings (SSSR count). The van der Waals surface area contributed by atoms with Crippen LogP contribution in [0.25, 0.3) is 0 Å². The predicted molar refractivity (Wildman–Crippen MR) is 69.0 cm³/mol. The van der Waals surface area contributed by atoms with E-state index < -0.39 is 6.10 Å². The third-order valence-electron chi connectivity index (χ3n) is 2.74. The van der Waals surface area contributed by atoms with Gasteiger partial charge in [-0.25, -0.2) is 0 Å². The number of aliphatic hydroxyl groups is 1. The van der Waals surface area contributed by atoms with E-state index in [0.717, 1.165) is 5.56 Å². The largest absolute Gasteiger partial charge is 0.391 e. The minimum atomic E-state index is -0.545. The van der Waals surface area contributed by atoms with Crippen molar-refractivity contribution in [2.45, 2.75) is 33.8 Å². The van der Waals surface area contributed by atoms with Gasteiger partial charge in [0.25, 0.3) is 5.91 Å². The molecule has 94 valence electrons. The van der Waals surface area contributed by atoms with Crippen LogP contribution in [0.1, 0.15) is 36.7 Å². The molecule has 0 saturated carbocycles. The molecular formula is C14H21NO2. The lowest BCUT2D eigenvalue weighted by Gasteiger charge is -2.25. The summed E-state index contributed by atoms with van der Waals surface area (Å²) in [5, 5.41) is 12.6. The second-order valence-corrected chi connectivity index (χ2v) is 5.46. The van der Waals surface area contributed by atoms with Gasteiger partial charge in [-0.2, -0.15) is 0 Å². The van der Waals surface area contributed by atoms with E-state index in [1.807, 2.05) is 45.9 Å². The topological polar surface area (TPSA) is 49.3 Å². The van der Waals surface area contributed by atoms with Crippen LogP contribution >= 0.6 is 0 Å². The Morgan fingerprint density at radius 3 is 2.59 bits per heavy atom. The van der Waals surface area contributed by atoms with Crippen LogP contribution in [0.15, 0.2) is 24.3 Å². The first-order valence-electron chi connectivity index (χ1n) is 5.83. The van der Waals surface area contributed by atoms with E-state index in [2.05, 4.69) is 5.32 Å². The summed E-state index contributed by atoms with van der Waals surface area (Å²) >= 11 is 0. The molecule has 0 aliphatic heterocycles. The molecule has 0 aliphatic rings. The van der Waals surface area contributed by atoms with Crippen molar-refractivity contribution >= 4 is 5.91 Å². The molecule has 1 aromatic carbocycles. The molecule has 1 unspecified atom stereocenters. The molecule has 1 amide bonds. The number of carbonyl (C=O) groups is 1. The van der Waals surface area contributed by atoms with Gasteiger partial charge in [0.2, 0.25) is 0 Å². The van der Waals surface area contributed by atoms with Gasteiger partial charge < -0.3 is 10.4 Å². The highest BCUT2D eigenvalue weighted by molar-refractivity contribution is 5.94. The summed E-state index contributed by atoms with van der Waals surface area (Å²) < 4.78 is 0. The molecule has 17 heavy (non-hydrogen) atoms. The van der Waals surface area contributed by atoms with Gasteiger partial charge in [-0.1, -0.05) is 38.5 Å². The van der Waals surface area contributed by atoms with Crippen molar-refractivity contribution in [2.75, 3.05) is 6.54 Å². The molecule has 3 heteroatoms. The summed E-state index contributed by atoms with van der Waals surface area (Å²) in [6, 6.07) is 7.40. The van der Waals surface area contributed by atoms with E-state index >= 15 is 0 Å². The van der Waals surface area contributed by atoms with Gasteiger partial charge in [0.1, 0.15) is 0 Å². The maximum atomic E-state index is 11.8. The number of aryl methyl sites for hydroxylation is 1. The van der Waals surface area contributed by atoms with Crippen molar-refractivity contribution in [3.05, 3.63) is 35.4 Å². The zero-order chi connectivity index (χ0) is 13.1. The summed E-state index contributed by atoms with van der Waals surface area (Å²) in [7, 11) is 0. The lowest BCUT2D eigenvalue weighted by molar-refractivity contribution is 0.0587. The van der Waals surface area contributed by atoms with Crippen LogP contribution in [0.4, 0.5) is 0 Å². The van der Waals surface area contributed by atoms with E-state index in [4.69, 9.17) is 0 Å². The first-order chi connectivity index (χ1) is 7.80. The number of carbonyl (C=O) groups excluding carboxylic acids is 1. The highest BCUT2D eigenvalue weighted by atomic mass is 16.3. The Bertz CT molecular complexity index is 393. The third-order valence-corrected chi connectivity index (χ3v) is 2.74. The van der Waals surface area contributed by atoms with E-state index in [-0.39, 0.29) is 17.9 Å². The molecule has 0 aliphatic carbocycles. The van der Waals surface area contributed by atoms with Crippen LogP contribution in [-0.2, 0) is 0 Å². The number of rotatable bonds is 3. The van der Waals surface area contributed by atoms with Gasteiger partial charge in [-0.15, -0.1) is 0 Å². The lowest BCUT2D eigenvalue weighted by atomic mass is 9.89. The van der Waals surface area contributed by atoms with Gasteiger partial charge >= 0.3 is 0 Å². The Kier molecular flexibility index (Phi) is 4.29. The molecule has 0 saturated heterocycles. The van der Waals surface area contributed by atoms with Crippen molar-refractivity contribution in [3.8, 4) is 0 Å². The van der Waals surface area contributed by atoms with Crippen LogP contribution in [0.5, 0.6) is 0 Å². The molecule has 3 nitrogen and oxygen atoms in total. The summed E-state index contributed by atoms with van der Waals surface area (Å²) in [5.41, 5.74) is 1.46. The minimum absolute atomic E-state index is 0.142. The van der Waals surface area contributed by atoms with Crippen LogP contribution in [0.2, 0.25) is 0 Å². The van der Waals surface area contributed by atoms with Crippen molar-refractivity contribution < 1.29 is 9.90 Å². The van der Waals surface area contributed by atoms with Crippen molar-refractivity contribution in [1.82, 2.24) is 5.32 Å². The Balaban J connectivity index is 2.57. The number of hydrogen-bond donors (Lipinski definition) is 2. The maximum Gasteiger partial charge on any atom is 0.251 e. The predicted octanol–water partition coefficient (Wildman–Crippen LogP) is 2.13. The molecular weight excluding hydrogens is 214 g/mol. The van der Waals surface area contributed by atoms with Crippen LogP contribution < -0.4 is 5.32 Å². The monoisotopic (exact) mass is 235 g/mol. The normalized spacial score (nSPS) is 13.2. The number of nitrogens with one attached hydrogen (secondary N) is 1. The van der Waals surface area contributed by atoms with E-state index in [1.54, 1.807) is 6.07 Å². The summed E-state index contributed by atoms with van der Waals surface area (Å²) in [6.07, 6.45) is -0.545. The maximum absolute atomic E-state index is 11.8. The zero-order valence-electron chi connectivity index (χ0n) is 10.9. The SMILES string of the molecule is Cc1cccc(C(=O)NCC(O)C(C)(C)C)c1. The highest BCUT2D eigenvalue weighted by Gasteiger charge is 2.22. The molecule has 2 N–H and O–H groups in total. The third kappa shape index (κ3) is 4.19. The fourth-order valence-corrected chi connectivity index (χ4v) is 1.38. The second kappa shape index (κ2) is 5.32. The van der Waals surface area contributed by atoms with Crippen molar-refractivity contribution in [1.29, 1.82) is 0 Å². The molecule has 0 bridgehead atoms. The minimum Gasteiger partial charge on any atom is -0.391 e. The summed E-state index contributed by atoms with van der Waals surface area (Å²) in [4.78, 5) is 11.8. The summed E-state index contributed by atoms with van der Waals surface area (Å²) in [5.74, 6) is -0.142. The van der Waals surface area contributed by atoms with E-state index in [9.17, 15) is 9.90 Å². The Morgan fingerprint density at radius 1 is 1.41 bits per heavy atom. The first kappa shape index (κ1) is 13.7. The van der Waals surface area contributed by atoms with Crippen molar-refractivity contribution in [3.63, 3.8) is 0 Å². The molecule has 0 radical (unpaired) electrons. The Hall–Kier alpha value is -1.35. The standard InChI is InChI=1S/C14H21NO2/c1-10-6-5-7-11(8-10)13(17)15-9-12(16)14(2,3)4/h5-8,12,16H,9H2,1-4H3,(H,15,17). The van der Waals surface area contributed by atoms with Crippen LogP contribution in [-0.4, -0.2) is 23.7 Å². The fourth-order valence-electron chi connectivity index (χ4n) is 1.38. The highest BCUT2D eigenvalue weighted by Crippen LogP contribution is 2.18. The number of amides is 1. The molecule has 1 atom stereocenters. The number of aliphatic hydroxyl groups excluding tert-OH is 1. The fraction of sp³-hybridized carbons (Fsp3) is 0.500. The van der Waals surface area contributed by atoms with E-state index in [0.29, 0.717) is 5.56 Å². The quantitative estimate of drug-likeness (QED) is 0.843. The Labute approximate surface area is 103 Å². The molecule has 0 spiro atoms. The van der Waals surface area contributed by atoms with Gasteiger partial charge in [0.05, 0.1) is 6.10 Å². The average Bonchev–Trinajstić information content (AvgIpc) is 2.24. The number of benzene rings is 1. The molecule has 0 fully saturated rings. The van der Waals surface area contributed by atoms with Crippen LogP contribution in [0, 0.1) is 12.3 Å². The first-order valence-corrected chi connectivity index (χ1v) is 5.83. The number of hydrogen-bond acceptors (Lipinski definition) is 2. The molecule has 0 heterocycles.